The molecule has 1 aliphatic heterocycles. The van der Waals surface area contributed by atoms with Crippen molar-refractivity contribution in [2.24, 2.45) is 5.73 Å². The van der Waals surface area contributed by atoms with Gasteiger partial charge < -0.3 is 15.8 Å². The van der Waals surface area contributed by atoms with Crippen LogP contribution in [-0.4, -0.2) is 26.8 Å². The first-order chi connectivity index (χ1) is 14.4. The number of anilines is 1. The molecule has 0 aliphatic carbocycles. The molecule has 9 heteroatoms. The molecule has 30 heavy (non-hydrogen) atoms. The highest BCUT2D eigenvalue weighted by molar-refractivity contribution is 7.91. The molecular weight excluding hydrogens is 424 g/mol. The number of rotatable bonds is 6. The van der Waals surface area contributed by atoms with Crippen molar-refractivity contribution in [3.63, 3.8) is 0 Å². The number of fused-ring (bicyclic) bond motifs is 1. The van der Waals surface area contributed by atoms with Gasteiger partial charge in [0.15, 0.2) is 6.61 Å². The van der Waals surface area contributed by atoms with Gasteiger partial charge >= 0.3 is 0 Å². The predicted molar refractivity (Wildman–Crippen MR) is 112 cm³/mol. The second-order valence-electron chi connectivity index (χ2n) is 6.78. The molecular formula is C21H18N2O5S2. The zero-order chi connectivity index (χ0) is 21.3. The fraction of sp³-hybridized carbons (Fsp3) is 0.143. The summed E-state index contributed by atoms with van der Waals surface area (Å²) in [5.74, 6) is -0.608. The van der Waals surface area contributed by atoms with E-state index in [1.54, 1.807) is 47.8 Å². The molecule has 1 unspecified atom stereocenters. The average molecular weight is 443 g/mol. The summed E-state index contributed by atoms with van der Waals surface area (Å²) in [6.45, 7) is -0.221. The van der Waals surface area contributed by atoms with Gasteiger partial charge in [-0.15, -0.1) is 11.3 Å². The van der Waals surface area contributed by atoms with E-state index in [4.69, 9.17) is 10.5 Å². The highest BCUT2D eigenvalue weighted by Gasteiger charge is 2.34. The zero-order valence-electron chi connectivity index (χ0n) is 15.7. The molecule has 3 aromatic rings. The van der Waals surface area contributed by atoms with Crippen molar-refractivity contribution in [1.29, 1.82) is 0 Å². The Hall–Kier alpha value is -3.17. The smallest absolute Gasteiger partial charge is 0.255 e. The largest absolute Gasteiger partial charge is 0.484 e. The Bertz CT molecular complexity index is 1200. The Morgan fingerprint density at radius 3 is 2.50 bits per heavy atom. The van der Waals surface area contributed by atoms with Crippen molar-refractivity contribution >= 4 is 38.7 Å². The molecule has 1 atom stereocenters. The Kier molecular flexibility index (Phi) is 5.31. The van der Waals surface area contributed by atoms with Gasteiger partial charge in [0.05, 0.1) is 10.6 Å². The number of ether oxygens (including phenoxy) is 1. The van der Waals surface area contributed by atoms with E-state index in [9.17, 15) is 18.0 Å². The number of primary amides is 1. The summed E-state index contributed by atoms with van der Waals surface area (Å²) in [5, 5.41) is 4.32. The van der Waals surface area contributed by atoms with Crippen LogP contribution in [0.2, 0.25) is 0 Å². The molecule has 0 bridgehead atoms. The SMILES string of the molecule is NC(=O)COc1ccc(C2CC(=O)Nc3c(S(=O)(=O)c4ccccc4)csc32)cc1. The van der Waals surface area contributed by atoms with Crippen LogP contribution in [0.25, 0.3) is 0 Å². The maximum Gasteiger partial charge on any atom is 0.255 e. The van der Waals surface area contributed by atoms with Gasteiger partial charge in [-0.05, 0) is 29.8 Å². The van der Waals surface area contributed by atoms with Gasteiger partial charge in [-0.25, -0.2) is 8.42 Å². The zero-order valence-corrected chi connectivity index (χ0v) is 17.3. The van der Waals surface area contributed by atoms with E-state index in [1.807, 2.05) is 0 Å². The van der Waals surface area contributed by atoms with Gasteiger partial charge in [0.2, 0.25) is 15.7 Å². The lowest BCUT2D eigenvalue weighted by Gasteiger charge is -2.24. The van der Waals surface area contributed by atoms with E-state index in [0.717, 1.165) is 10.4 Å². The van der Waals surface area contributed by atoms with Gasteiger partial charge in [0.1, 0.15) is 10.6 Å². The molecule has 0 spiro atoms. The summed E-state index contributed by atoms with van der Waals surface area (Å²) in [6, 6.07) is 15.1. The second kappa shape index (κ2) is 7.92. The van der Waals surface area contributed by atoms with Crippen LogP contribution in [0.3, 0.4) is 0 Å². The summed E-state index contributed by atoms with van der Waals surface area (Å²) in [6.07, 6.45) is 0.208. The number of amides is 2. The van der Waals surface area contributed by atoms with Crippen LogP contribution < -0.4 is 15.8 Å². The minimum Gasteiger partial charge on any atom is -0.484 e. The topological polar surface area (TPSA) is 116 Å². The summed E-state index contributed by atoms with van der Waals surface area (Å²) >= 11 is 1.31. The Morgan fingerprint density at radius 1 is 1.13 bits per heavy atom. The lowest BCUT2D eigenvalue weighted by atomic mass is 9.90. The fourth-order valence-corrected chi connectivity index (χ4v) is 6.28. The van der Waals surface area contributed by atoms with Crippen LogP contribution >= 0.6 is 11.3 Å². The van der Waals surface area contributed by atoms with E-state index in [0.29, 0.717) is 11.4 Å². The minimum atomic E-state index is -3.76. The van der Waals surface area contributed by atoms with Crippen LogP contribution in [-0.2, 0) is 19.4 Å². The maximum atomic E-state index is 13.1. The summed E-state index contributed by atoms with van der Waals surface area (Å²) in [5.41, 5.74) is 6.28. The molecule has 0 saturated heterocycles. The van der Waals surface area contributed by atoms with Crippen molar-refractivity contribution in [2.45, 2.75) is 22.1 Å². The molecule has 0 fully saturated rings. The quantitative estimate of drug-likeness (QED) is 0.609. The Morgan fingerprint density at radius 2 is 1.83 bits per heavy atom. The van der Waals surface area contributed by atoms with E-state index in [-0.39, 0.29) is 34.6 Å². The number of carbonyl (C=O) groups excluding carboxylic acids is 2. The average Bonchev–Trinajstić information content (AvgIpc) is 3.17. The predicted octanol–water partition coefficient (Wildman–Crippen LogP) is 2.92. The Labute approximate surface area is 177 Å². The first-order valence-electron chi connectivity index (χ1n) is 9.08. The monoisotopic (exact) mass is 442 g/mol. The van der Waals surface area contributed by atoms with Crippen molar-refractivity contribution in [1.82, 2.24) is 0 Å². The van der Waals surface area contributed by atoms with Crippen LogP contribution in [0.1, 0.15) is 22.8 Å². The molecule has 2 heterocycles. The van der Waals surface area contributed by atoms with Gasteiger partial charge in [0, 0.05) is 22.6 Å². The van der Waals surface area contributed by atoms with Gasteiger partial charge in [-0.1, -0.05) is 30.3 Å². The van der Waals surface area contributed by atoms with E-state index < -0.39 is 15.7 Å². The first-order valence-corrected chi connectivity index (χ1v) is 11.4. The van der Waals surface area contributed by atoms with Gasteiger partial charge in [-0.3, -0.25) is 9.59 Å². The van der Waals surface area contributed by atoms with Crippen molar-refractivity contribution in [3.05, 3.63) is 70.4 Å². The van der Waals surface area contributed by atoms with Gasteiger partial charge in [0.25, 0.3) is 5.91 Å². The lowest BCUT2D eigenvalue weighted by molar-refractivity contribution is -0.120. The number of carbonyl (C=O) groups is 2. The molecule has 7 nitrogen and oxygen atoms in total. The summed E-state index contributed by atoms with van der Waals surface area (Å²) in [4.78, 5) is 24.3. The Balaban J connectivity index is 1.69. The van der Waals surface area contributed by atoms with Crippen LogP contribution in [0.15, 0.2) is 69.8 Å². The molecule has 3 N–H and O–H groups in total. The normalized spacial score (nSPS) is 15.9. The maximum absolute atomic E-state index is 13.1. The number of hydrogen-bond donors (Lipinski definition) is 2. The molecule has 1 aliphatic rings. The number of nitrogens with two attached hydrogens (primary N) is 1. The third kappa shape index (κ3) is 3.81. The third-order valence-electron chi connectivity index (χ3n) is 4.76. The molecule has 154 valence electrons. The van der Waals surface area contributed by atoms with Crippen LogP contribution in [0.4, 0.5) is 5.69 Å². The first kappa shape index (κ1) is 20.1. The molecule has 2 amide bonds. The van der Waals surface area contributed by atoms with Gasteiger partial charge in [-0.2, -0.15) is 0 Å². The fourth-order valence-electron chi connectivity index (χ4n) is 3.35. The molecule has 1 aromatic heterocycles. The number of sulfone groups is 1. The summed E-state index contributed by atoms with van der Waals surface area (Å²) < 4.78 is 31.4. The highest BCUT2D eigenvalue weighted by Crippen LogP contribution is 2.45. The van der Waals surface area contributed by atoms with Crippen LogP contribution in [0, 0.1) is 0 Å². The van der Waals surface area contributed by atoms with Crippen LogP contribution in [0.5, 0.6) is 5.75 Å². The van der Waals surface area contributed by atoms with Crippen molar-refractivity contribution in [3.8, 4) is 5.75 Å². The standard InChI is InChI=1S/C21H18N2O5S2/c22-18(24)11-28-14-8-6-13(7-9-14)16-10-19(25)23-20-17(12-29-21(16)20)30(26,27)15-4-2-1-3-5-15/h1-9,12,16H,10-11H2,(H2,22,24)(H,23,25). The molecule has 2 aromatic carbocycles. The number of thiophene rings is 1. The summed E-state index contributed by atoms with van der Waals surface area (Å²) in [7, 11) is -3.76. The third-order valence-corrected chi connectivity index (χ3v) is 7.80. The molecule has 0 saturated carbocycles. The van der Waals surface area contributed by atoms with E-state index in [2.05, 4.69) is 5.32 Å². The number of benzene rings is 2. The van der Waals surface area contributed by atoms with Crippen molar-refractivity contribution < 1.29 is 22.7 Å². The minimum absolute atomic E-state index is 0.105. The van der Waals surface area contributed by atoms with E-state index >= 15 is 0 Å². The second-order valence-corrected chi connectivity index (χ2v) is 9.61. The highest BCUT2D eigenvalue weighted by atomic mass is 32.2. The molecule has 4 rings (SSSR count). The molecule has 0 radical (unpaired) electrons. The lowest BCUT2D eigenvalue weighted by Crippen LogP contribution is -2.23. The number of nitrogens with one attached hydrogen (secondary N) is 1. The van der Waals surface area contributed by atoms with Crippen molar-refractivity contribution in [2.75, 3.05) is 11.9 Å². The van der Waals surface area contributed by atoms with E-state index in [1.165, 1.54) is 23.5 Å². The number of hydrogen-bond acceptors (Lipinski definition) is 6.